The second-order valence-corrected chi connectivity index (χ2v) is 27.3. The SMILES string of the molecule is C#Cc1cccc(Nc2[nH+]cnc3cc(OC)c(OC)cc23)c1.C#Cc1cccc(Nc2[nH+]cnc3cc(OC)c(OC)cc23)c1.C#Cc1cccc(Nc2[nH+]cnc3cc(OC)c(OC)cc23)c1.C#Cc1cccc(Nc2[nH+]cnc3cc(OC)c(OC)cc23)c1.CO.CO.O=C(O)CCCCC(=O)O.O=C(O)CCCCC(=O)O.O=C([O-])CCCCC(=O)[O-].O=C([O-])CCCCC(=O)[O-]. The molecule has 0 aliphatic carbocycles. The van der Waals surface area contributed by atoms with E-state index in [2.05, 4.69) is 84.8 Å². The van der Waals surface area contributed by atoms with Crippen LogP contribution >= 0.6 is 0 Å². The first-order valence-electron chi connectivity index (χ1n) is 41.1. The zero-order valence-electron chi connectivity index (χ0n) is 76.4. The van der Waals surface area contributed by atoms with Gasteiger partial charge in [-0.2, -0.15) is 0 Å². The van der Waals surface area contributed by atoms with Gasteiger partial charge in [0.2, 0.25) is 48.6 Å². The van der Waals surface area contributed by atoms with Crippen LogP contribution in [0.4, 0.5) is 46.0 Å². The molecule has 4 aromatic heterocycles. The third kappa shape index (κ3) is 41.2. The van der Waals surface area contributed by atoms with Gasteiger partial charge in [-0.25, -0.2) is 19.9 Å². The van der Waals surface area contributed by atoms with Crippen molar-refractivity contribution in [1.82, 2.24) is 19.9 Å². The number of nitrogens with one attached hydrogen (secondary N) is 8. The van der Waals surface area contributed by atoms with Crippen LogP contribution in [0.1, 0.15) is 125 Å². The predicted octanol–water partition coefficient (Wildman–Crippen LogP) is 7.91. The fourth-order valence-electron chi connectivity index (χ4n) is 11.6. The molecule has 0 atom stereocenters. The van der Waals surface area contributed by atoms with E-state index in [0.717, 1.165) is 126 Å². The van der Waals surface area contributed by atoms with Crippen LogP contribution in [0.15, 0.2) is 171 Å². The third-order valence-electron chi connectivity index (χ3n) is 18.0. The number of methoxy groups -OCH3 is 8. The second kappa shape index (κ2) is 63.6. The second-order valence-electron chi connectivity index (χ2n) is 27.3. The summed E-state index contributed by atoms with van der Waals surface area (Å²) in [6.07, 6.45) is 31.4. The van der Waals surface area contributed by atoms with Gasteiger partial charge in [-0.3, -0.25) is 40.4 Å². The molecule has 0 aliphatic rings. The lowest BCUT2D eigenvalue weighted by molar-refractivity contribution is -0.363. The van der Waals surface area contributed by atoms with Gasteiger partial charge in [0.1, 0.15) is 0 Å². The third-order valence-corrected chi connectivity index (χ3v) is 18.0. The number of carbonyl (C=O) groups excluding carboxylic acids is 4. The van der Waals surface area contributed by atoms with Gasteiger partial charge >= 0.3 is 23.9 Å². The molecular formula is C98H108N12O26. The van der Waals surface area contributed by atoms with Crippen molar-refractivity contribution in [3.8, 4) is 95.4 Å². The minimum atomic E-state index is -1.14. The zero-order valence-corrected chi connectivity index (χ0v) is 76.4. The van der Waals surface area contributed by atoms with Crippen LogP contribution in [-0.2, 0) is 38.4 Å². The molecule has 4 heterocycles. The summed E-state index contributed by atoms with van der Waals surface area (Å²) in [6, 6.07) is 45.4. The molecule has 136 heavy (non-hydrogen) atoms. The number of aliphatic hydroxyl groups excluding tert-OH is 2. The van der Waals surface area contributed by atoms with Crippen molar-refractivity contribution in [2.75, 3.05) is 92.4 Å². The van der Waals surface area contributed by atoms with E-state index in [9.17, 15) is 58.8 Å². The number of aromatic nitrogens is 8. The van der Waals surface area contributed by atoms with E-state index in [1.54, 1.807) is 82.2 Å². The number of carboxylic acids is 8. The fourth-order valence-corrected chi connectivity index (χ4v) is 11.6. The van der Waals surface area contributed by atoms with Crippen molar-refractivity contribution < 1.29 is 147 Å². The highest BCUT2D eigenvalue weighted by molar-refractivity contribution is 5.95. The van der Waals surface area contributed by atoms with E-state index in [1.165, 1.54) is 0 Å². The Labute approximate surface area is 784 Å². The maximum atomic E-state index is 9.90. The smallest absolute Gasteiger partial charge is 0.303 e. The number of rotatable bonds is 36. The highest BCUT2D eigenvalue weighted by atomic mass is 16.5. The van der Waals surface area contributed by atoms with Crippen LogP contribution in [0.2, 0.25) is 0 Å². The number of aliphatic carboxylic acids is 8. The number of aliphatic hydroxyl groups is 2. The van der Waals surface area contributed by atoms with Crippen LogP contribution < -0.4 is 99.5 Å². The Bertz CT molecular complexity index is 5300. The Balaban J connectivity index is 0.000000409. The molecule has 0 bridgehead atoms. The van der Waals surface area contributed by atoms with E-state index in [0.29, 0.717) is 97.4 Å². The van der Waals surface area contributed by atoms with Crippen LogP contribution in [0.3, 0.4) is 0 Å². The number of carbonyl (C=O) groups is 8. The van der Waals surface area contributed by atoms with Gasteiger partial charge in [-0.15, -0.1) is 45.6 Å². The summed E-state index contributed by atoms with van der Waals surface area (Å²) in [5.74, 6) is 10.8. The first-order chi connectivity index (χ1) is 65.5. The Morgan fingerprint density at radius 2 is 0.456 bits per heavy atom. The molecule has 14 N–H and O–H groups in total. The largest absolute Gasteiger partial charge is 0.550 e. The summed E-state index contributed by atoms with van der Waals surface area (Å²) in [5, 5.41) is 102. The quantitative estimate of drug-likeness (QED) is 0.0132. The average Bonchev–Trinajstić information content (AvgIpc) is 0.809. The number of aromatic amines is 4. The average molecular weight is 1870 g/mol. The highest BCUT2D eigenvalue weighted by Gasteiger charge is 2.21. The predicted molar refractivity (Wildman–Crippen MR) is 497 cm³/mol. The summed E-state index contributed by atoms with van der Waals surface area (Å²) < 4.78 is 42.7. The monoisotopic (exact) mass is 1870 g/mol. The summed E-state index contributed by atoms with van der Waals surface area (Å²) in [5.41, 5.74) is 9.96. The number of terminal acetylenes is 4. The number of hydrogen-bond acceptors (Lipinski definition) is 30. The van der Waals surface area contributed by atoms with Gasteiger partial charge < -0.3 is 108 Å². The number of H-pyrrole nitrogens is 4. The normalized spacial score (nSPS) is 9.65. The number of benzene rings is 8. The molecule has 38 nitrogen and oxygen atoms in total. The van der Waals surface area contributed by atoms with E-state index >= 15 is 0 Å². The topological polar surface area (TPSA) is 580 Å². The zero-order chi connectivity index (χ0) is 101. The number of fused-ring (bicyclic) bond motifs is 4. The Kier molecular flexibility index (Phi) is 52.8. The molecule has 8 aromatic carbocycles. The minimum Gasteiger partial charge on any atom is -0.550 e. The van der Waals surface area contributed by atoms with Gasteiger partial charge in [0.15, 0.2) is 68.1 Å². The Hall–Kier alpha value is -17.4. The first kappa shape index (κ1) is 113. The van der Waals surface area contributed by atoms with Crippen molar-refractivity contribution >= 4 is 137 Å². The molecule has 0 spiro atoms. The molecule has 0 aliphatic heterocycles. The van der Waals surface area contributed by atoms with Crippen molar-refractivity contribution in [3.63, 3.8) is 0 Å². The lowest BCUT2D eigenvalue weighted by Crippen LogP contribution is -2.23. The maximum absolute atomic E-state index is 9.90. The van der Waals surface area contributed by atoms with Gasteiger partial charge in [0, 0.05) is 135 Å². The molecule has 0 amide bonds. The van der Waals surface area contributed by atoms with Gasteiger partial charge in [0.05, 0.1) is 101 Å². The van der Waals surface area contributed by atoms with Crippen molar-refractivity contribution in [2.24, 2.45) is 0 Å². The summed E-state index contributed by atoms with van der Waals surface area (Å²) in [6.45, 7) is 0. The van der Waals surface area contributed by atoms with Crippen molar-refractivity contribution in [3.05, 3.63) is 193 Å². The first-order valence-corrected chi connectivity index (χ1v) is 41.1. The number of carboxylic acid groups (broad SMARTS) is 8. The van der Waals surface area contributed by atoms with E-state index in [4.69, 9.17) is 94.2 Å². The number of anilines is 8. The van der Waals surface area contributed by atoms with Crippen LogP contribution in [0.5, 0.6) is 46.0 Å². The van der Waals surface area contributed by atoms with Crippen LogP contribution in [-0.4, -0.2) is 169 Å². The lowest BCUT2D eigenvalue weighted by atomic mass is 10.2. The van der Waals surface area contributed by atoms with Gasteiger partial charge in [-0.05, 0) is 150 Å². The number of hydrogen-bond donors (Lipinski definition) is 10. The van der Waals surface area contributed by atoms with Crippen molar-refractivity contribution in [2.45, 2.75) is 103 Å². The molecular weight excluding hydrogens is 1760 g/mol. The van der Waals surface area contributed by atoms with E-state index in [-0.39, 0.29) is 51.4 Å². The number of ether oxygens (including phenoxy) is 8. The van der Waals surface area contributed by atoms with Crippen LogP contribution in [0.25, 0.3) is 43.6 Å². The standard InChI is InChI=1S/4C18H15N3O2.4C6H10O4.2CH4O/c4*1-4-12-6-5-7-13(8-12)21-18-14-9-16(22-2)17(23-3)10-15(14)19-11-20-18;4*7-5(8)3-1-2-4-6(9)10;2*1-2/h4*1,5-11H,2-3H3,(H,19,20,21);4*1-4H2,(H,7,8)(H,9,10);2*2H,1H3. The fraction of sp³-hybridized carbons (Fsp3) is 0.265. The molecule has 716 valence electrons. The molecule has 0 unspecified atom stereocenters. The summed E-state index contributed by atoms with van der Waals surface area (Å²) in [7, 11) is 14.8. The summed E-state index contributed by atoms with van der Waals surface area (Å²) in [4.78, 5) is 108. The molecule has 0 saturated carbocycles. The van der Waals surface area contributed by atoms with E-state index in [1.807, 2.05) is 146 Å². The molecule has 12 rings (SSSR count). The number of unbranched alkanes of at least 4 members (excludes halogenated alkanes) is 4. The molecule has 0 fully saturated rings. The molecule has 0 saturated heterocycles. The molecule has 38 heteroatoms. The lowest BCUT2D eigenvalue weighted by Gasteiger charge is -2.09. The molecule has 0 radical (unpaired) electrons. The molecule has 12 aromatic rings. The number of nitrogens with zero attached hydrogens (tertiary/aromatic N) is 4. The van der Waals surface area contributed by atoms with Crippen molar-refractivity contribution in [1.29, 1.82) is 0 Å². The maximum Gasteiger partial charge on any atom is 0.303 e. The summed E-state index contributed by atoms with van der Waals surface area (Å²) >= 11 is 0. The van der Waals surface area contributed by atoms with Crippen LogP contribution in [0, 0.1) is 49.4 Å². The van der Waals surface area contributed by atoms with E-state index < -0.39 is 47.8 Å². The minimum absolute atomic E-state index is 0.0628. The Morgan fingerprint density at radius 3 is 0.610 bits per heavy atom. The van der Waals surface area contributed by atoms with Gasteiger partial charge in [-0.1, -0.05) is 47.9 Å². The highest BCUT2D eigenvalue weighted by Crippen LogP contribution is 2.38. The Morgan fingerprint density at radius 1 is 0.287 bits per heavy atom. The van der Waals surface area contributed by atoms with Gasteiger partial charge in [0.25, 0.3) is 0 Å².